The Morgan fingerprint density at radius 3 is 2.26 bits per heavy atom. The molecular weight excluding hydrogens is 384 g/mol. The molecule has 158 valence electrons. The maximum atomic E-state index is 12.6. The van der Waals surface area contributed by atoms with Gasteiger partial charge in [-0.25, -0.2) is 4.98 Å². The van der Waals surface area contributed by atoms with Crippen molar-refractivity contribution in [3.8, 4) is 0 Å². The van der Waals surface area contributed by atoms with Gasteiger partial charge in [-0.3, -0.25) is 4.79 Å². The summed E-state index contributed by atoms with van der Waals surface area (Å²) < 4.78 is 5.88. The van der Waals surface area contributed by atoms with Crippen LogP contribution in [0.5, 0.6) is 0 Å². The summed E-state index contributed by atoms with van der Waals surface area (Å²) in [6, 6.07) is 21.7. The Labute approximate surface area is 183 Å². The topological polar surface area (TPSA) is 55.1 Å². The minimum atomic E-state index is -0.112. The maximum Gasteiger partial charge on any atom is 0.255 e. The van der Waals surface area contributed by atoms with Crippen molar-refractivity contribution in [2.75, 3.05) is 5.32 Å². The molecule has 0 aliphatic rings. The lowest BCUT2D eigenvalue weighted by Crippen LogP contribution is -2.14. The molecule has 1 heterocycles. The zero-order valence-corrected chi connectivity index (χ0v) is 18.5. The molecule has 0 unspecified atom stereocenters. The largest absolute Gasteiger partial charge is 0.440 e. The van der Waals surface area contributed by atoms with Crippen LogP contribution in [0.3, 0.4) is 0 Å². The van der Waals surface area contributed by atoms with E-state index in [-0.39, 0.29) is 11.3 Å². The number of benzene rings is 3. The number of amides is 1. The lowest BCUT2D eigenvalue weighted by Gasteiger charge is -2.19. The number of rotatable bonds is 5. The first-order chi connectivity index (χ1) is 14.8. The van der Waals surface area contributed by atoms with E-state index in [0.717, 1.165) is 28.8 Å². The van der Waals surface area contributed by atoms with E-state index >= 15 is 0 Å². The number of hydrogen-bond donors (Lipinski definition) is 1. The number of aromatic nitrogens is 1. The summed E-state index contributed by atoms with van der Waals surface area (Å²) in [5.74, 6) is 0.581. The van der Waals surface area contributed by atoms with E-state index in [1.807, 2.05) is 54.6 Å². The van der Waals surface area contributed by atoms with E-state index < -0.39 is 0 Å². The van der Waals surface area contributed by atoms with Crippen molar-refractivity contribution in [3.05, 3.63) is 94.9 Å². The number of carbonyl (C=O) groups is 1. The van der Waals surface area contributed by atoms with Gasteiger partial charge in [0.2, 0.25) is 0 Å². The highest BCUT2D eigenvalue weighted by molar-refractivity contribution is 6.04. The van der Waals surface area contributed by atoms with Crippen LogP contribution in [-0.2, 0) is 18.3 Å². The molecule has 0 saturated carbocycles. The van der Waals surface area contributed by atoms with Crippen LogP contribution >= 0.6 is 0 Å². The van der Waals surface area contributed by atoms with Crippen molar-refractivity contribution in [3.63, 3.8) is 0 Å². The molecular formula is C27H28N2O2. The summed E-state index contributed by atoms with van der Waals surface area (Å²) in [5.41, 5.74) is 6.73. The minimum absolute atomic E-state index is 0.0673. The van der Waals surface area contributed by atoms with Crippen LogP contribution < -0.4 is 5.32 Å². The van der Waals surface area contributed by atoms with Crippen molar-refractivity contribution < 1.29 is 9.21 Å². The molecule has 4 aromatic rings. The van der Waals surface area contributed by atoms with E-state index in [4.69, 9.17) is 4.42 Å². The number of nitrogens with zero attached hydrogens (tertiary/aromatic N) is 1. The third-order valence-corrected chi connectivity index (χ3v) is 5.48. The fourth-order valence-electron chi connectivity index (χ4n) is 3.52. The van der Waals surface area contributed by atoms with Crippen LogP contribution in [0.2, 0.25) is 0 Å². The predicted octanol–water partition coefficient (Wildman–Crippen LogP) is 6.53. The molecule has 0 spiro atoms. The van der Waals surface area contributed by atoms with E-state index in [1.54, 1.807) is 0 Å². The predicted molar refractivity (Wildman–Crippen MR) is 126 cm³/mol. The number of carbonyl (C=O) groups excluding carboxylic acids is 1. The fourth-order valence-corrected chi connectivity index (χ4v) is 3.52. The van der Waals surface area contributed by atoms with Gasteiger partial charge in [-0.1, -0.05) is 58.0 Å². The maximum absolute atomic E-state index is 12.6. The Morgan fingerprint density at radius 2 is 1.61 bits per heavy atom. The molecule has 0 fully saturated rings. The Bertz CT molecular complexity index is 1200. The molecule has 0 bridgehead atoms. The van der Waals surface area contributed by atoms with Crippen molar-refractivity contribution in [2.45, 2.75) is 46.0 Å². The Kier molecular flexibility index (Phi) is 5.64. The quantitative estimate of drug-likeness (QED) is 0.405. The van der Waals surface area contributed by atoms with Crippen molar-refractivity contribution in [1.82, 2.24) is 4.98 Å². The molecule has 1 amide bonds. The lowest BCUT2D eigenvalue weighted by molar-refractivity contribution is 0.102. The SMILES string of the molecule is CCc1ccc2oc(Cc3ccc(NC(=O)c4ccc(C(C)(C)C)cc4)cc3)nc2c1. The van der Waals surface area contributed by atoms with Gasteiger partial charge in [-0.2, -0.15) is 0 Å². The number of hydrogen-bond acceptors (Lipinski definition) is 3. The third-order valence-electron chi connectivity index (χ3n) is 5.48. The Balaban J connectivity index is 1.41. The summed E-state index contributed by atoms with van der Waals surface area (Å²) in [4.78, 5) is 17.2. The van der Waals surface area contributed by atoms with Crippen LogP contribution in [0, 0.1) is 0 Å². The summed E-state index contributed by atoms with van der Waals surface area (Å²) in [7, 11) is 0. The second-order valence-corrected chi connectivity index (χ2v) is 8.92. The van der Waals surface area contributed by atoms with Gasteiger partial charge in [-0.15, -0.1) is 0 Å². The zero-order chi connectivity index (χ0) is 22.0. The Hall–Kier alpha value is -3.40. The smallest absolute Gasteiger partial charge is 0.255 e. The second-order valence-electron chi connectivity index (χ2n) is 8.92. The minimum Gasteiger partial charge on any atom is -0.440 e. The van der Waals surface area contributed by atoms with E-state index in [0.29, 0.717) is 17.9 Å². The fraction of sp³-hybridized carbons (Fsp3) is 0.259. The molecule has 0 saturated heterocycles. The molecule has 0 atom stereocenters. The average Bonchev–Trinajstić information content (AvgIpc) is 3.16. The molecule has 1 N–H and O–H groups in total. The average molecular weight is 413 g/mol. The van der Waals surface area contributed by atoms with Crippen molar-refractivity contribution >= 4 is 22.7 Å². The summed E-state index contributed by atoms with van der Waals surface area (Å²) >= 11 is 0. The van der Waals surface area contributed by atoms with E-state index in [2.05, 4.69) is 50.1 Å². The normalized spacial score (nSPS) is 11.6. The van der Waals surface area contributed by atoms with Gasteiger partial charge in [0.05, 0.1) is 0 Å². The zero-order valence-electron chi connectivity index (χ0n) is 18.5. The van der Waals surface area contributed by atoms with Crippen LogP contribution in [0.25, 0.3) is 11.1 Å². The van der Waals surface area contributed by atoms with Gasteiger partial charge >= 0.3 is 0 Å². The molecule has 1 aromatic heterocycles. The van der Waals surface area contributed by atoms with Crippen molar-refractivity contribution in [1.29, 1.82) is 0 Å². The monoisotopic (exact) mass is 412 g/mol. The van der Waals surface area contributed by atoms with Crippen LogP contribution in [0.15, 0.2) is 71.1 Å². The van der Waals surface area contributed by atoms with Gasteiger partial charge in [0, 0.05) is 17.7 Å². The third kappa shape index (κ3) is 4.85. The van der Waals surface area contributed by atoms with Crippen LogP contribution in [0.1, 0.15) is 60.6 Å². The van der Waals surface area contributed by atoms with Gasteiger partial charge < -0.3 is 9.73 Å². The lowest BCUT2D eigenvalue weighted by atomic mass is 9.87. The van der Waals surface area contributed by atoms with E-state index in [9.17, 15) is 4.79 Å². The standard InChI is InChI=1S/C27H28N2O2/c1-5-18-8-15-24-23(16-18)29-25(31-24)17-19-6-13-22(14-7-19)28-26(30)20-9-11-21(12-10-20)27(2,3)4/h6-16H,5,17H2,1-4H3,(H,28,30). The second kappa shape index (κ2) is 8.38. The Morgan fingerprint density at radius 1 is 0.935 bits per heavy atom. The highest BCUT2D eigenvalue weighted by Crippen LogP contribution is 2.23. The number of fused-ring (bicyclic) bond motifs is 1. The van der Waals surface area contributed by atoms with Crippen molar-refractivity contribution in [2.24, 2.45) is 0 Å². The summed E-state index contributed by atoms with van der Waals surface area (Å²) in [5, 5.41) is 2.96. The first-order valence-corrected chi connectivity index (χ1v) is 10.7. The number of anilines is 1. The van der Waals surface area contributed by atoms with Crippen LogP contribution in [0.4, 0.5) is 5.69 Å². The molecule has 3 aromatic carbocycles. The van der Waals surface area contributed by atoms with Gasteiger partial charge in [0.15, 0.2) is 11.5 Å². The number of aryl methyl sites for hydroxylation is 1. The summed E-state index contributed by atoms with van der Waals surface area (Å²) in [6.07, 6.45) is 1.59. The number of oxazole rings is 1. The highest BCUT2D eigenvalue weighted by Gasteiger charge is 2.14. The molecule has 0 aliphatic heterocycles. The highest BCUT2D eigenvalue weighted by atomic mass is 16.3. The summed E-state index contributed by atoms with van der Waals surface area (Å²) in [6.45, 7) is 8.61. The van der Waals surface area contributed by atoms with Gasteiger partial charge in [-0.05, 0) is 64.9 Å². The molecule has 4 heteroatoms. The molecule has 4 nitrogen and oxygen atoms in total. The molecule has 0 aliphatic carbocycles. The number of nitrogens with one attached hydrogen (secondary N) is 1. The van der Waals surface area contributed by atoms with E-state index in [1.165, 1.54) is 11.1 Å². The van der Waals surface area contributed by atoms with Crippen LogP contribution in [-0.4, -0.2) is 10.9 Å². The molecule has 4 rings (SSSR count). The molecule has 31 heavy (non-hydrogen) atoms. The molecule has 0 radical (unpaired) electrons. The van der Waals surface area contributed by atoms with Gasteiger partial charge in [0.1, 0.15) is 5.52 Å². The van der Waals surface area contributed by atoms with Gasteiger partial charge in [0.25, 0.3) is 5.91 Å². The first-order valence-electron chi connectivity index (χ1n) is 10.7. The first kappa shape index (κ1) is 20.9.